The van der Waals surface area contributed by atoms with Gasteiger partial charge in [0.05, 0.1) is 5.02 Å². The highest BCUT2D eigenvalue weighted by Gasteiger charge is 2.19. The quantitative estimate of drug-likeness (QED) is 0.916. The van der Waals surface area contributed by atoms with Gasteiger partial charge in [0.25, 0.3) is 0 Å². The smallest absolute Gasteiger partial charge is 0.147 e. The summed E-state index contributed by atoms with van der Waals surface area (Å²) in [6, 6.07) is 2.51. The predicted octanol–water partition coefficient (Wildman–Crippen LogP) is 3.47. The van der Waals surface area contributed by atoms with Crippen molar-refractivity contribution in [1.82, 2.24) is 10.3 Å². The van der Waals surface area contributed by atoms with E-state index in [1.165, 1.54) is 12.8 Å². The van der Waals surface area contributed by atoms with Gasteiger partial charge in [-0.3, -0.25) is 0 Å². The van der Waals surface area contributed by atoms with E-state index < -0.39 is 0 Å². The van der Waals surface area contributed by atoms with E-state index in [0.29, 0.717) is 6.04 Å². The van der Waals surface area contributed by atoms with E-state index in [4.69, 9.17) is 11.6 Å². The van der Waals surface area contributed by atoms with E-state index in [-0.39, 0.29) is 0 Å². The molecule has 1 aromatic rings. The molecule has 0 aromatic carbocycles. The van der Waals surface area contributed by atoms with Crippen molar-refractivity contribution in [3.8, 4) is 0 Å². The second-order valence-electron chi connectivity index (χ2n) is 5.85. The molecular formula is C15H24ClN3. The SMILES string of the molecule is CC1CCN(c2ncc(CNC(C)C)cc2Cl)CC1. The van der Waals surface area contributed by atoms with Crippen LogP contribution < -0.4 is 10.2 Å². The van der Waals surface area contributed by atoms with Crippen molar-refractivity contribution < 1.29 is 0 Å². The lowest BCUT2D eigenvalue weighted by Gasteiger charge is -2.31. The Morgan fingerprint density at radius 3 is 2.68 bits per heavy atom. The molecule has 2 rings (SSSR count). The third-order valence-corrected chi connectivity index (χ3v) is 3.95. The molecule has 106 valence electrons. The second-order valence-corrected chi connectivity index (χ2v) is 6.26. The fraction of sp³-hybridized carbons (Fsp3) is 0.667. The molecule has 4 heteroatoms. The molecule has 1 saturated heterocycles. The number of anilines is 1. The van der Waals surface area contributed by atoms with E-state index >= 15 is 0 Å². The predicted molar refractivity (Wildman–Crippen MR) is 81.8 cm³/mol. The Morgan fingerprint density at radius 2 is 2.11 bits per heavy atom. The normalized spacial score (nSPS) is 17.2. The number of rotatable bonds is 4. The van der Waals surface area contributed by atoms with Gasteiger partial charge in [0, 0.05) is 31.9 Å². The fourth-order valence-corrected chi connectivity index (χ4v) is 2.65. The van der Waals surface area contributed by atoms with Crippen molar-refractivity contribution in [2.24, 2.45) is 5.92 Å². The molecule has 1 N–H and O–H groups in total. The number of piperidine rings is 1. The van der Waals surface area contributed by atoms with E-state index in [9.17, 15) is 0 Å². The molecule has 1 aliphatic rings. The minimum Gasteiger partial charge on any atom is -0.355 e. The van der Waals surface area contributed by atoms with Crippen LogP contribution in [0.5, 0.6) is 0 Å². The number of hydrogen-bond donors (Lipinski definition) is 1. The first-order chi connectivity index (χ1) is 9.06. The zero-order chi connectivity index (χ0) is 13.8. The van der Waals surface area contributed by atoms with Gasteiger partial charge < -0.3 is 10.2 Å². The minimum absolute atomic E-state index is 0.474. The number of hydrogen-bond acceptors (Lipinski definition) is 3. The summed E-state index contributed by atoms with van der Waals surface area (Å²) in [4.78, 5) is 6.87. The molecule has 0 radical (unpaired) electrons. The van der Waals surface area contributed by atoms with E-state index in [1.807, 2.05) is 12.3 Å². The molecule has 0 unspecified atom stereocenters. The van der Waals surface area contributed by atoms with Gasteiger partial charge in [0.2, 0.25) is 0 Å². The molecule has 0 spiro atoms. The molecule has 1 aromatic heterocycles. The van der Waals surface area contributed by atoms with E-state index in [2.05, 4.69) is 36.0 Å². The van der Waals surface area contributed by atoms with Crippen LogP contribution in [-0.2, 0) is 6.54 Å². The Bertz CT molecular complexity index is 412. The lowest BCUT2D eigenvalue weighted by molar-refractivity contribution is 0.436. The molecule has 0 aliphatic carbocycles. The van der Waals surface area contributed by atoms with Gasteiger partial charge in [-0.2, -0.15) is 0 Å². The summed E-state index contributed by atoms with van der Waals surface area (Å²) in [6.45, 7) is 9.54. The number of aromatic nitrogens is 1. The van der Waals surface area contributed by atoms with Crippen molar-refractivity contribution in [2.45, 2.75) is 46.2 Å². The molecule has 19 heavy (non-hydrogen) atoms. The number of nitrogens with one attached hydrogen (secondary N) is 1. The summed E-state index contributed by atoms with van der Waals surface area (Å²) < 4.78 is 0. The average Bonchev–Trinajstić information content (AvgIpc) is 2.38. The summed E-state index contributed by atoms with van der Waals surface area (Å²) in [5.41, 5.74) is 1.15. The highest BCUT2D eigenvalue weighted by atomic mass is 35.5. The number of pyridine rings is 1. The highest BCUT2D eigenvalue weighted by molar-refractivity contribution is 6.33. The zero-order valence-electron chi connectivity index (χ0n) is 12.1. The maximum absolute atomic E-state index is 6.38. The first-order valence-electron chi connectivity index (χ1n) is 7.19. The summed E-state index contributed by atoms with van der Waals surface area (Å²) in [7, 11) is 0. The molecule has 1 fully saturated rings. The molecule has 0 saturated carbocycles. The number of nitrogens with zero attached hydrogens (tertiary/aromatic N) is 2. The van der Waals surface area contributed by atoms with Crippen LogP contribution in [0, 0.1) is 5.92 Å². The van der Waals surface area contributed by atoms with Crippen molar-refractivity contribution in [3.63, 3.8) is 0 Å². The van der Waals surface area contributed by atoms with Crippen LogP contribution in [0.3, 0.4) is 0 Å². The fourth-order valence-electron chi connectivity index (χ4n) is 2.34. The standard InChI is InChI=1S/C15H24ClN3/c1-11(2)17-9-13-8-14(16)15(18-10-13)19-6-4-12(3)5-7-19/h8,10-12,17H,4-7,9H2,1-3H3. The molecule has 3 nitrogen and oxygen atoms in total. The largest absolute Gasteiger partial charge is 0.355 e. The monoisotopic (exact) mass is 281 g/mol. The van der Waals surface area contributed by atoms with E-state index in [0.717, 1.165) is 42.0 Å². The van der Waals surface area contributed by atoms with Crippen molar-refractivity contribution >= 4 is 17.4 Å². The third kappa shape index (κ3) is 4.08. The molecule has 0 amide bonds. The first kappa shape index (κ1) is 14.6. The van der Waals surface area contributed by atoms with Crippen LogP contribution in [0.25, 0.3) is 0 Å². The number of halogens is 1. The summed E-state index contributed by atoms with van der Waals surface area (Å²) in [5.74, 6) is 1.77. The summed E-state index contributed by atoms with van der Waals surface area (Å²) >= 11 is 6.38. The van der Waals surface area contributed by atoms with Crippen LogP contribution in [0.1, 0.15) is 39.2 Å². The Labute approximate surface area is 121 Å². The lowest BCUT2D eigenvalue weighted by Crippen LogP contribution is -2.33. The molecule has 2 heterocycles. The zero-order valence-corrected chi connectivity index (χ0v) is 12.9. The van der Waals surface area contributed by atoms with Crippen LogP contribution in [0.2, 0.25) is 5.02 Å². The lowest BCUT2D eigenvalue weighted by atomic mass is 9.99. The molecular weight excluding hydrogens is 258 g/mol. The van der Waals surface area contributed by atoms with Gasteiger partial charge in [0.15, 0.2) is 0 Å². The Balaban J connectivity index is 2.02. The Kier molecular flexibility index (Phi) is 5.06. The Hall–Kier alpha value is -0.800. The van der Waals surface area contributed by atoms with Gasteiger partial charge in [-0.25, -0.2) is 4.98 Å². The summed E-state index contributed by atoms with van der Waals surface area (Å²) in [5, 5.41) is 4.16. The third-order valence-electron chi connectivity index (χ3n) is 3.68. The van der Waals surface area contributed by atoms with Crippen molar-refractivity contribution in [2.75, 3.05) is 18.0 Å². The molecule has 1 aliphatic heterocycles. The first-order valence-corrected chi connectivity index (χ1v) is 7.57. The van der Waals surface area contributed by atoms with Crippen LogP contribution in [0.4, 0.5) is 5.82 Å². The maximum Gasteiger partial charge on any atom is 0.147 e. The molecule has 0 bridgehead atoms. The van der Waals surface area contributed by atoms with Crippen molar-refractivity contribution in [3.05, 3.63) is 22.8 Å². The van der Waals surface area contributed by atoms with Crippen molar-refractivity contribution in [1.29, 1.82) is 0 Å². The van der Waals surface area contributed by atoms with Crippen LogP contribution in [-0.4, -0.2) is 24.1 Å². The van der Waals surface area contributed by atoms with Crippen LogP contribution in [0.15, 0.2) is 12.3 Å². The maximum atomic E-state index is 6.38. The van der Waals surface area contributed by atoms with E-state index in [1.54, 1.807) is 0 Å². The highest BCUT2D eigenvalue weighted by Crippen LogP contribution is 2.28. The molecule has 0 atom stereocenters. The minimum atomic E-state index is 0.474. The summed E-state index contributed by atoms with van der Waals surface area (Å²) in [6.07, 6.45) is 4.40. The van der Waals surface area contributed by atoms with Crippen LogP contribution >= 0.6 is 11.6 Å². The van der Waals surface area contributed by atoms with Gasteiger partial charge in [0.1, 0.15) is 5.82 Å². The van der Waals surface area contributed by atoms with Gasteiger partial charge in [-0.1, -0.05) is 32.4 Å². The average molecular weight is 282 g/mol. The van der Waals surface area contributed by atoms with Gasteiger partial charge in [-0.15, -0.1) is 0 Å². The van der Waals surface area contributed by atoms with Gasteiger partial charge >= 0.3 is 0 Å². The second kappa shape index (κ2) is 6.58. The van der Waals surface area contributed by atoms with Gasteiger partial charge in [-0.05, 0) is 30.4 Å². The Morgan fingerprint density at radius 1 is 1.42 bits per heavy atom. The topological polar surface area (TPSA) is 28.2 Å².